The van der Waals surface area contributed by atoms with Crippen molar-refractivity contribution in [1.82, 2.24) is 10.6 Å². The standard InChI is InChI=1S/C14H26N2O.ClH/c17-14(12-6-3-1-2-4-7-12)16-11-9-13-8-5-10-15-13;/h12-13,15H,1-11H2,(H,16,17);1H/t13-;/m1./s1. The minimum atomic E-state index is 0. The highest BCUT2D eigenvalue weighted by Gasteiger charge is 2.20. The van der Waals surface area contributed by atoms with E-state index in [1.165, 1.54) is 38.5 Å². The van der Waals surface area contributed by atoms with Crippen molar-refractivity contribution in [2.75, 3.05) is 13.1 Å². The topological polar surface area (TPSA) is 41.1 Å². The molecule has 1 aliphatic heterocycles. The highest BCUT2D eigenvalue weighted by Crippen LogP contribution is 2.22. The smallest absolute Gasteiger partial charge is 0.223 e. The Kier molecular flexibility index (Phi) is 7.68. The molecule has 1 saturated heterocycles. The Balaban J connectivity index is 0.00000162. The Morgan fingerprint density at radius 3 is 2.39 bits per heavy atom. The van der Waals surface area contributed by atoms with Crippen LogP contribution in [-0.4, -0.2) is 25.0 Å². The molecule has 4 heteroatoms. The van der Waals surface area contributed by atoms with Gasteiger partial charge in [0.15, 0.2) is 0 Å². The fourth-order valence-corrected chi connectivity index (χ4v) is 3.06. The van der Waals surface area contributed by atoms with E-state index in [-0.39, 0.29) is 12.4 Å². The van der Waals surface area contributed by atoms with E-state index in [9.17, 15) is 4.79 Å². The van der Waals surface area contributed by atoms with Crippen LogP contribution in [-0.2, 0) is 4.79 Å². The molecule has 1 saturated carbocycles. The Bertz CT molecular complexity index is 234. The third-order valence-corrected chi connectivity index (χ3v) is 4.18. The summed E-state index contributed by atoms with van der Waals surface area (Å²) in [6.07, 6.45) is 11.0. The molecule has 1 aliphatic carbocycles. The van der Waals surface area contributed by atoms with Crippen LogP contribution >= 0.6 is 12.4 Å². The van der Waals surface area contributed by atoms with Crippen LogP contribution in [0, 0.1) is 5.92 Å². The highest BCUT2D eigenvalue weighted by molar-refractivity contribution is 5.85. The number of carbonyl (C=O) groups excluding carboxylic acids is 1. The second kappa shape index (κ2) is 8.76. The van der Waals surface area contributed by atoms with E-state index >= 15 is 0 Å². The number of rotatable bonds is 4. The molecular weight excluding hydrogens is 248 g/mol. The number of halogens is 1. The summed E-state index contributed by atoms with van der Waals surface area (Å²) in [7, 11) is 0. The van der Waals surface area contributed by atoms with Gasteiger partial charge in [0.05, 0.1) is 0 Å². The van der Waals surface area contributed by atoms with Crippen molar-refractivity contribution in [3.8, 4) is 0 Å². The summed E-state index contributed by atoms with van der Waals surface area (Å²) in [6, 6.07) is 0.643. The zero-order valence-corrected chi connectivity index (χ0v) is 12.1. The van der Waals surface area contributed by atoms with Gasteiger partial charge in [0, 0.05) is 18.5 Å². The van der Waals surface area contributed by atoms with Crippen LogP contribution in [0.3, 0.4) is 0 Å². The first-order chi connectivity index (χ1) is 8.36. The van der Waals surface area contributed by atoms with Crippen molar-refractivity contribution >= 4 is 18.3 Å². The Morgan fingerprint density at radius 1 is 1.06 bits per heavy atom. The van der Waals surface area contributed by atoms with Crippen molar-refractivity contribution in [2.45, 2.75) is 63.8 Å². The molecule has 0 aromatic rings. The number of hydrogen-bond acceptors (Lipinski definition) is 2. The predicted octanol–water partition coefficient (Wildman–Crippen LogP) is 2.64. The Labute approximate surface area is 117 Å². The largest absolute Gasteiger partial charge is 0.356 e. The van der Waals surface area contributed by atoms with Crippen molar-refractivity contribution < 1.29 is 4.79 Å². The summed E-state index contributed by atoms with van der Waals surface area (Å²) < 4.78 is 0. The van der Waals surface area contributed by atoms with Crippen molar-refractivity contribution in [2.24, 2.45) is 5.92 Å². The SMILES string of the molecule is Cl.O=C(NCC[C@H]1CCCN1)C1CCCCCC1. The van der Waals surface area contributed by atoms with Crippen LogP contribution in [0.2, 0.25) is 0 Å². The van der Waals surface area contributed by atoms with Gasteiger partial charge in [0.2, 0.25) is 5.91 Å². The van der Waals surface area contributed by atoms with Gasteiger partial charge in [0.1, 0.15) is 0 Å². The maximum Gasteiger partial charge on any atom is 0.223 e. The molecule has 2 N–H and O–H groups in total. The van der Waals surface area contributed by atoms with Gasteiger partial charge in [-0.05, 0) is 38.6 Å². The molecule has 0 aromatic carbocycles. The van der Waals surface area contributed by atoms with Gasteiger partial charge >= 0.3 is 0 Å². The van der Waals surface area contributed by atoms with E-state index in [1.807, 2.05) is 0 Å². The van der Waals surface area contributed by atoms with Crippen LogP contribution in [0.4, 0.5) is 0 Å². The number of amides is 1. The molecule has 0 bridgehead atoms. The second-order valence-corrected chi connectivity index (χ2v) is 5.56. The van der Waals surface area contributed by atoms with Crippen LogP contribution in [0.1, 0.15) is 57.8 Å². The molecule has 0 unspecified atom stereocenters. The minimum Gasteiger partial charge on any atom is -0.356 e. The lowest BCUT2D eigenvalue weighted by molar-refractivity contribution is -0.125. The quantitative estimate of drug-likeness (QED) is 0.774. The summed E-state index contributed by atoms with van der Waals surface area (Å²) in [6.45, 7) is 2.01. The van der Waals surface area contributed by atoms with Gasteiger partial charge < -0.3 is 10.6 Å². The van der Waals surface area contributed by atoms with Crippen LogP contribution < -0.4 is 10.6 Å². The van der Waals surface area contributed by atoms with Crippen molar-refractivity contribution in [3.05, 3.63) is 0 Å². The fourth-order valence-electron chi connectivity index (χ4n) is 3.06. The molecule has 2 rings (SSSR count). The Hall–Kier alpha value is -0.280. The third-order valence-electron chi connectivity index (χ3n) is 4.18. The molecule has 0 aromatic heterocycles. The number of hydrogen-bond donors (Lipinski definition) is 2. The lowest BCUT2D eigenvalue weighted by Crippen LogP contribution is -2.34. The summed E-state index contributed by atoms with van der Waals surface area (Å²) in [4.78, 5) is 12.0. The molecule has 0 spiro atoms. The monoisotopic (exact) mass is 274 g/mol. The van der Waals surface area contributed by atoms with E-state index in [2.05, 4.69) is 10.6 Å². The zero-order chi connectivity index (χ0) is 11.9. The van der Waals surface area contributed by atoms with Gasteiger partial charge in [-0.2, -0.15) is 0 Å². The maximum absolute atomic E-state index is 12.0. The van der Waals surface area contributed by atoms with Gasteiger partial charge in [-0.1, -0.05) is 25.7 Å². The fraction of sp³-hybridized carbons (Fsp3) is 0.929. The van der Waals surface area contributed by atoms with Crippen LogP contribution in [0.25, 0.3) is 0 Å². The van der Waals surface area contributed by atoms with E-state index in [0.29, 0.717) is 17.9 Å². The molecule has 2 fully saturated rings. The van der Waals surface area contributed by atoms with E-state index in [1.54, 1.807) is 0 Å². The average Bonchev–Trinajstić information content (AvgIpc) is 2.69. The summed E-state index contributed by atoms with van der Waals surface area (Å²) in [5.74, 6) is 0.610. The normalized spacial score (nSPS) is 25.2. The average molecular weight is 275 g/mol. The van der Waals surface area contributed by atoms with Crippen LogP contribution in [0.5, 0.6) is 0 Å². The first-order valence-corrected chi connectivity index (χ1v) is 7.37. The minimum absolute atomic E-state index is 0. The molecular formula is C14H27ClN2O. The lowest BCUT2D eigenvalue weighted by atomic mass is 9.99. The molecule has 106 valence electrons. The molecule has 1 amide bonds. The molecule has 18 heavy (non-hydrogen) atoms. The number of carbonyl (C=O) groups is 1. The lowest BCUT2D eigenvalue weighted by Gasteiger charge is -2.15. The van der Waals surface area contributed by atoms with Gasteiger partial charge in [-0.25, -0.2) is 0 Å². The third kappa shape index (κ3) is 5.15. The molecule has 1 heterocycles. The van der Waals surface area contributed by atoms with Crippen LogP contribution in [0.15, 0.2) is 0 Å². The summed E-state index contributed by atoms with van der Waals surface area (Å²) >= 11 is 0. The predicted molar refractivity (Wildman–Crippen MR) is 77.1 cm³/mol. The molecule has 1 atom stereocenters. The van der Waals surface area contributed by atoms with E-state index in [0.717, 1.165) is 32.4 Å². The Morgan fingerprint density at radius 2 is 1.78 bits per heavy atom. The van der Waals surface area contributed by atoms with Gasteiger partial charge in [0.25, 0.3) is 0 Å². The molecule has 2 aliphatic rings. The summed E-state index contributed by atoms with van der Waals surface area (Å²) in [5.41, 5.74) is 0. The van der Waals surface area contributed by atoms with Gasteiger partial charge in [-0.3, -0.25) is 4.79 Å². The molecule has 0 radical (unpaired) electrons. The first-order valence-electron chi connectivity index (χ1n) is 7.37. The highest BCUT2D eigenvalue weighted by atomic mass is 35.5. The summed E-state index contributed by atoms with van der Waals surface area (Å²) in [5, 5.41) is 6.60. The van der Waals surface area contributed by atoms with Crippen molar-refractivity contribution in [3.63, 3.8) is 0 Å². The maximum atomic E-state index is 12.0. The van der Waals surface area contributed by atoms with Crippen molar-refractivity contribution in [1.29, 1.82) is 0 Å². The number of nitrogens with one attached hydrogen (secondary N) is 2. The second-order valence-electron chi connectivity index (χ2n) is 5.56. The zero-order valence-electron chi connectivity index (χ0n) is 11.2. The molecule has 3 nitrogen and oxygen atoms in total. The van der Waals surface area contributed by atoms with E-state index in [4.69, 9.17) is 0 Å². The van der Waals surface area contributed by atoms with E-state index < -0.39 is 0 Å². The van der Waals surface area contributed by atoms with Gasteiger partial charge in [-0.15, -0.1) is 12.4 Å². The first kappa shape index (κ1) is 15.8.